The highest BCUT2D eigenvalue weighted by atomic mass is 19.3. The molecule has 24 heavy (non-hydrogen) atoms. The fourth-order valence-corrected chi connectivity index (χ4v) is 2.44. The number of H-pyrrole nitrogens is 1. The standard InChI is InChI=1S/C14H18F2N6O2/c1-8-5-17-3-2-9(8)23-13-7-18-6-11(20-13)19-10-4-12(22-21-10)24-14(15)16/h4,6-9,14,17H,2-3,5H2,1H3,(H2,19,20,21,22). The van der Waals surface area contributed by atoms with Gasteiger partial charge in [-0.25, -0.2) is 0 Å². The van der Waals surface area contributed by atoms with Crippen LogP contribution >= 0.6 is 0 Å². The lowest BCUT2D eigenvalue weighted by Gasteiger charge is -2.29. The first-order valence-corrected chi connectivity index (χ1v) is 7.57. The van der Waals surface area contributed by atoms with Gasteiger partial charge in [0, 0.05) is 18.5 Å². The number of nitrogens with one attached hydrogen (secondary N) is 3. The highest BCUT2D eigenvalue weighted by Gasteiger charge is 2.23. The molecule has 2 unspecified atom stereocenters. The van der Waals surface area contributed by atoms with E-state index in [-0.39, 0.29) is 12.0 Å². The van der Waals surface area contributed by atoms with Crippen LogP contribution in [0.1, 0.15) is 13.3 Å². The van der Waals surface area contributed by atoms with Gasteiger partial charge in [-0.2, -0.15) is 13.8 Å². The van der Waals surface area contributed by atoms with Gasteiger partial charge in [-0.05, 0) is 13.0 Å². The van der Waals surface area contributed by atoms with Crippen LogP contribution in [-0.2, 0) is 0 Å². The van der Waals surface area contributed by atoms with Gasteiger partial charge in [-0.1, -0.05) is 6.92 Å². The fraction of sp³-hybridized carbons (Fsp3) is 0.500. The lowest BCUT2D eigenvalue weighted by molar-refractivity contribution is -0.0528. The second-order valence-corrected chi connectivity index (χ2v) is 5.49. The van der Waals surface area contributed by atoms with E-state index in [2.05, 4.69) is 42.5 Å². The second kappa shape index (κ2) is 7.39. The molecule has 130 valence electrons. The quantitative estimate of drug-likeness (QED) is 0.739. The Balaban J connectivity index is 1.63. The summed E-state index contributed by atoms with van der Waals surface area (Å²) in [6, 6.07) is 1.30. The molecule has 2 aromatic heterocycles. The number of hydrogen-bond donors (Lipinski definition) is 3. The van der Waals surface area contributed by atoms with E-state index in [1.54, 1.807) is 0 Å². The minimum Gasteiger partial charge on any atom is -0.473 e. The Labute approximate surface area is 137 Å². The number of aromatic amines is 1. The largest absolute Gasteiger partial charge is 0.473 e. The number of nitrogens with zero attached hydrogens (tertiary/aromatic N) is 3. The predicted molar refractivity (Wildman–Crippen MR) is 81.6 cm³/mol. The number of anilines is 2. The van der Waals surface area contributed by atoms with Gasteiger partial charge < -0.3 is 20.1 Å². The van der Waals surface area contributed by atoms with Crippen molar-refractivity contribution in [2.24, 2.45) is 5.92 Å². The Hall–Kier alpha value is -2.49. The Morgan fingerprint density at radius 3 is 3.00 bits per heavy atom. The van der Waals surface area contributed by atoms with Crippen molar-refractivity contribution in [1.29, 1.82) is 0 Å². The van der Waals surface area contributed by atoms with Crippen molar-refractivity contribution in [1.82, 2.24) is 25.5 Å². The maximum absolute atomic E-state index is 12.1. The van der Waals surface area contributed by atoms with Gasteiger partial charge in [0.1, 0.15) is 11.9 Å². The van der Waals surface area contributed by atoms with E-state index >= 15 is 0 Å². The molecule has 0 spiro atoms. The van der Waals surface area contributed by atoms with Crippen LogP contribution in [0.2, 0.25) is 0 Å². The van der Waals surface area contributed by atoms with Crippen LogP contribution in [0.4, 0.5) is 20.4 Å². The van der Waals surface area contributed by atoms with Crippen molar-refractivity contribution in [2.45, 2.75) is 26.1 Å². The van der Waals surface area contributed by atoms with E-state index in [1.165, 1.54) is 18.5 Å². The number of aromatic nitrogens is 4. The van der Waals surface area contributed by atoms with Gasteiger partial charge in [0.25, 0.3) is 0 Å². The number of piperidine rings is 1. The molecule has 3 rings (SSSR count). The molecule has 8 nitrogen and oxygen atoms in total. The van der Waals surface area contributed by atoms with Crippen molar-refractivity contribution in [3.8, 4) is 11.8 Å². The van der Waals surface area contributed by atoms with Gasteiger partial charge in [0.05, 0.1) is 12.4 Å². The summed E-state index contributed by atoms with van der Waals surface area (Å²) >= 11 is 0. The maximum Gasteiger partial charge on any atom is 0.388 e. The van der Waals surface area contributed by atoms with Crippen molar-refractivity contribution in [2.75, 3.05) is 18.4 Å². The first-order valence-electron chi connectivity index (χ1n) is 7.57. The van der Waals surface area contributed by atoms with Gasteiger partial charge in [-0.15, -0.1) is 5.10 Å². The minimum atomic E-state index is -2.93. The first kappa shape index (κ1) is 16.4. The van der Waals surface area contributed by atoms with E-state index in [1.807, 2.05) is 0 Å². The molecule has 0 bridgehead atoms. The number of hydrogen-bond acceptors (Lipinski definition) is 7. The lowest BCUT2D eigenvalue weighted by Crippen LogP contribution is -2.41. The molecule has 10 heteroatoms. The predicted octanol–water partition coefficient (Wildman–Crippen LogP) is 1.92. The maximum atomic E-state index is 12.1. The summed E-state index contributed by atoms with van der Waals surface area (Å²) in [5.74, 6) is 1.33. The zero-order valence-electron chi connectivity index (χ0n) is 13.0. The highest BCUT2D eigenvalue weighted by Crippen LogP contribution is 2.21. The molecular formula is C14H18F2N6O2. The van der Waals surface area contributed by atoms with Crippen molar-refractivity contribution >= 4 is 11.6 Å². The fourth-order valence-electron chi connectivity index (χ4n) is 2.44. The smallest absolute Gasteiger partial charge is 0.388 e. The summed E-state index contributed by atoms with van der Waals surface area (Å²) in [5.41, 5.74) is 0. The average molecular weight is 340 g/mol. The summed E-state index contributed by atoms with van der Waals surface area (Å²) in [6.07, 6.45) is 4.01. The third-order valence-corrected chi connectivity index (χ3v) is 3.62. The molecule has 1 saturated heterocycles. The number of ether oxygens (including phenoxy) is 2. The molecule has 3 N–H and O–H groups in total. The summed E-state index contributed by atoms with van der Waals surface area (Å²) < 4.78 is 34.3. The van der Waals surface area contributed by atoms with Gasteiger partial charge >= 0.3 is 6.61 Å². The van der Waals surface area contributed by atoms with Crippen LogP contribution in [0.25, 0.3) is 0 Å². The summed E-state index contributed by atoms with van der Waals surface area (Å²) in [5, 5.41) is 12.3. The van der Waals surface area contributed by atoms with Crippen LogP contribution in [0.5, 0.6) is 11.8 Å². The number of alkyl halides is 2. The van der Waals surface area contributed by atoms with Gasteiger partial charge in [-0.3, -0.25) is 10.1 Å². The third kappa shape index (κ3) is 4.28. The number of rotatable bonds is 6. The molecule has 3 heterocycles. The Morgan fingerprint density at radius 2 is 2.21 bits per heavy atom. The molecule has 1 fully saturated rings. The Morgan fingerprint density at radius 1 is 1.33 bits per heavy atom. The zero-order valence-corrected chi connectivity index (χ0v) is 13.0. The topological polar surface area (TPSA) is 97.0 Å². The van der Waals surface area contributed by atoms with Crippen LogP contribution < -0.4 is 20.1 Å². The van der Waals surface area contributed by atoms with Crippen LogP contribution in [0.3, 0.4) is 0 Å². The van der Waals surface area contributed by atoms with Crippen molar-refractivity contribution < 1.29 is 18.3 Å². The van der Waals surface area contributed by atoms with E-state index in [9.17, 15) is 8.78 Å². The van der Waals surface area contributed by atoms with Crippen LogP contribution in [-0.4, -0.2) is 46.0 Å². The summed E-state index contributed by atoms with van der Waals surface area (Å²) in [6.45, 7) is 0.990. The molecule has 0 radical (unpaired) electrons. The van der Waals surface area contributed by atoms with E-state index in [0.717, 1.165) is 19.5 Å². The summed E-state index contributed by atoms with van der Waals surface area (Å²) in [4.78, 5) is 8.39. The molecule has 1 aliphatic rings. The molecule has 0 saturated carbocycles. The van der Waals surface area contributed by atoms with Crippen LogP contribution in [0.15, 0.2) is 18.5 Å². The second-order valence-electron chi connectivity index (χ2n) is 5.49. The zero-order chi connectivity index (χ0) is 16.9. The molecule has 2 aromatic rings. The van der Waals surface area contributed by atoms with Crippen molar-refractivity contribution in [3.05, 3.63) is 18.5 Å². The highest BCUT2D eigenvalue weighted by molar-refractivity contribution is 5.51. The molecule has 0 amide bonds. The molecule has 2 atom stereocenters. The summed E-state index contributed by atoms with van der Waals surface area (Å²) in [7, 11) is 0. The van der Waals surface area contributed by atoms with Crippen molar-refractivity contribution in [3.63, 3.8) is 0 Å². The SMILES string of the molecule is CC1CNCCC1Oc1cncc(Nc2cc(OC(F)F)n[nH]2)n1. The van der Waals surface area contributed by atoms with Crippen LogP contribution in [0, 0.1) is 5.92 Å². The Bertz CT molecular complexity index is 668. The minimum absolute atomic E-state index is 0.0778. The van der Waals surface area contributed by atoms with E-state index < -0.39 is 6.61 Å². The normalized spacial score (nSPS) is 20.8. The van der Waals surface area contributed by atoms with Gasteiger partial charge in [0.15, 0.2) is 5.82 Å². The van der Waals surface area contributed by atoms with E-state index in [4.69, 9.17) is 4.74 Å². The average Bonchev–Trinajstić information content (AvgIpc) is 2.96. The van der Waals surface area contributed by atoms with Gasteiger partial charge in [0.2, 0.25) is 11.8 Å². The number of halogens is 2. The molecule has 0 aromatic carbocycles. The Kier molecular flexibility index (Phi) is 5.04. The monoisotopic (exact) mass is 340 g/mol. The molecule has 1 aliphatic heterocycles. The lowest BCUT2D eigenvalue weighted by atomic mass is 9.98. The molecule has 0 aliphatic carbocycles. The third-order valence-electron chi connectivity index (χ3n) is 3.62. The van der Waals surface area contributed by atoms with E-state index in [0.29, 0.717) is 23.4 Å². The first-order chi connectivity index (χ1) is 11.6. The molecular weight excluding hydrogens is 322 g/mol.